The van der Waals surface area contributed by atoms with Gasteiger partial charge in [-0.15, -0.1) is 0 Å². The first-order valence-corrected chi connectivity index (χ1v) is 8.55. The molecule has 1 fully saturated rings. The van der Waals surface area contributed by atoms with E-state index in [0.29, 0.717) is 37.6 Å². The number of nitrogens with one attached hydrogen (secondary N) is 2. The maximum atomic E-state index is 12.2. The number of carbonyl (C=O) groups is 1. The average molecular weight is 362 g/mol. The van der Waals surface area contributed by atoms with Crippen molar-refractivity contribution in [2.24, 2.45) is 0 Å². The van der Waals surface area contributed by atoms with Gasteiger partial charge in [-0.2, -0.15) is 5.16 Å². The number of hydrogen-bond acceptors (Lipinski definition) is 6. The van der Waals surface area contributed by atoms with Gasteiger partial charge in [0.1, 0.15) is 17.6 Å². The topological polar surface area (TPSA) is 114 Å². The van der Waals surface area contributed by atoms with Crippen molar-refractivity contribution in [3.63, 3.8) is 0 Å². The van der Waals surface area contributed by atoms with E-state index < -0.39 is 0 Å². The highest BCUT2D eigenvalue weighted by atomic mass is 16.5. The third-order valence-electron chi connectivity index (χ3n) is 4.22. The Morgan fingerprint density at radius 3 is 2.85 bits per heavy atom. The maximum Gasteiger partial charge on any atom is 0.280 e. The molecule has 8 nitrogen and oxygen atoms in total. The lowest BCUT2D eigenvalue weighted by Gasteiger charge is -2.32. The van der Waals surface area contributed by atoms with Crippen LogP contribution in [0, 0.1) is 0 Å². The molecular weight excluding hydrogens is 340 g/mol. The van der Waals surface area contributed by atoms with E-state index in [0.717, 1.165) is 5.56 Å². The molecule has 1 aromatic carbocycles. The number of carbonyl (C=O) groups excluding carboxylic acids is 1. The molecule has 1 aliphatic rings. The minimum Gasteiger partial charge on any atom is -0.486 e. The van der Waals surface area contributed by atoms with Gasteiger partial charge in [0, 0.05) is 25.5 Å². The van der Waals surface area contributed by atoms with E-state index in [1.165, 1.54) is 6.07 Å². The van der Waals surface area contributed by atoms with Crippen LogP contribution in [0.2, 0.25) is 0 Å². The molecule has 2 aromatic rings. The van der Waals surface area contributed by atoms with Crippen molar-refractivity contribution in [3.05, 3.63) is 52.0 Å². The van der Waals surface area contributed by atoms with Crippen LogP contribution in [-0.2, 0) is 22.6 Å². The monoisotopic (exact) mass is 362 g/mol. The van der Waals surface area contributed by atoms with Crippen LogP contribution in [0.5, 0.6) is 5.75 Å². The van der Waals surface area contributed by atoms with Crippen molar-refractivity contribution in [3.8, 4) is 5.75 Å². The molecule has 0 radical (unpaired) electrons. The van der Waals surface area contributed by atoms with Crippen LogP contribution >= 0.6 is 0 Å². The summed E-state index contributed by atoms with van der Waals surface area (Å²) in [6, 6.07) is 8.32. The molecular formula is C18H22N2O6. The van der Waals surface area contributed by atoms with Crippen molar-refractivity contribution in [2.45, 2.75) is 38.0 Å². The molecule has 0 bridgehead atoms. The van der Waals surface area contributed by atoms with Gasteiger partial charge < -0.3 is 24.4 Å². The van der Waals surface area contributed by atoms with Gasteiger partial charge in [0.25, 0.3) is 5.56 Å². The molecule has 8 heteroatoms. The molecule has 140 valence electrons. The summed E-state index contributed by atoms with van der Waals surface area (Å²) in [6.45, 7) is 0.924. The second kappa shape index (κ2) is 8.68. The number of amides is 1. The molecule has 2 heterocycles. The second-order valence-electron chi connectivity index (χ2n) is 6.17. The molecule has 1 aliphatic heterocycles. The van der Waals surface area contributed by atoms with Gasteiger partial charge in [-0.05, 0) is 24.1 Å². The predicted octanol–water partition coefficient (Wildman–Crippen LogP) is 0.745. The third kappa shape index (κ3) is 4.96. The molecule has 3 N–H and O–H groups in total. The van der Waals surface area contributed by atoms with Crippen LogP contribution in [0.1, 0.15) is 24.2 Å². The predicted molar refractivity (Wildman–Crippen MR) is 91.8 cm³/mol. The highest BCUT2D eigenvalue weighted by Crippen LogP contribution is 2.19. The first-order chi connectivity index (χ1) is 12.6. The fourth-order valence-corrected chi connectivity index (χ4v) is 2.80. The molecule has 1 amide bonds. The van der Waals surface area contributed by atoms with Crippen LogP contribution in [0.3, 0.4) is 0 Å². The number of rotatable bonds is 7. The molecule has 0 saturated carbocycles. The van der Waals surface area contributed by atoms with Crippen LogP contribution in [0.4, 0.5) is 0 Å². The van der Waals surface area contributed by atoms with E-state index in [9.17, 15) is 9.59 Å². The summed E-state index contributed by atoms with van der Waals surface area (Å²) in [5.41, 5.74) is 0.490. The number of aliphatic hydroxyl groups is 1. The van der Waals surface area contributed by atoms with Crippen molar-refractivity contribution in [1.82, 2.24) is 10.5 Å². The van der Waals surface area contributed by atoms with Crippen LogP contribution in [0.15, 0.2) is 39.6 Å². The van der Waals surface area contributed by atoms with Crippen molar-refractivity contribution in [2.75, 3.05) is 13.2 Å². The van der Waals surface area contributed by atoms with Gasteiger partial charge in [-0.3, -0.25) is 9.59 Å². The Balaban J connectivity index is 1.53. The number of aryl methyl sites for hydroxylation is 1. The Kier molecular flexibility index (Phi) is 6.08. The van der Waals surface area contributed by atoms with Crippen molar-refractivity contribution >= 4 is 5.91 Å². The highest BCUT2D eigenvalue weighted by Gasteiger charge is 2.29. The minimum atomic E-state index is -0.314. The highest BCUT2D eigenvalue weighted by molar-refractivity contribution is 5.76. The van der Waals surface area contributed by atoms with E-state index >= 15 is 0 Å². The number of benzene rings is 1. The summed E-state index contributed by atoms with van der Waals surface area (Å²) in [5.74, 6) is 0.977. The summed E-state index contributed by atoms with van der Waals surface area (Å²) >= 11 is 0. The first kappa shape index (κ1) is 18.2. The van der Waals surface area contributed by atoms with Crippen LogP contribution in [0.25, 0.3) is 0 Å². The van der Waals surface area contributed by atoms with Gasteiger partial charge >= 0.3 is 0 Å². The van der Waals surface area contributed by atoms with Gasteiger partial charge in [0.15, 0.2) is 0 Å². The van der Waals surface area contributed by atoms with Crippen LogP contribution < -0.4 is 15.6 Å². The number of aromatic nitrogens is 1. The number of aliphatic hydroxyl groups excluding tert-OH is 1. The summed E-state index contributed by atoms with van der Waals surface area (Å²) in [6.07, 6.45) is 0.931. The standard InChI is InChI=1S/C18H22N2O6/c21-10-12-1-3-13(4-2-12)25-16-11-24-8-7-15(16)19-17(22)6-5-14-9-18(23)20-26-14/h1-4,9,15-16,21H,5-8,10-11H2,(H,19,22)(H,20,23)/t15-,16-/m1/s1. The lowest BCUT2D eigenvalue weighted by Crippen LogP contribution is -2.51. The van der Waals surface area contributed by atoms with E-state index in [-0.39, 0.29) is 36.6 Å². The quantitative estimate of drug-likeness (QED) is 0.670. The van der Waals surface area contributed by atoms with Crippen molar-refractivity contribution < 1.29 is 23.9 Å². The summed E-state index contributed by atoms with van der Waals surface area (Å²) in [7, 11) is 0. The number of H-pyrrole nitrogens is 1. The zero-order valence-electron chi connectivity index (χ0n) is 14.3. The van der Waals surface area contributed by atoms with Crippen molar-refractivity contribution in [1.29, 1.82) is 0 Å². The van der Waals surface area contributed by atoms with Gasteiger partial charge in [-0.25, -0.2) is 0 Å². The lowest BCUT2D eigenvalue weighted by molar-refractivity contribution is -0.124. The van der Waals surface area contributed by atoms with E-state index in [4.69, 9.17) is 19.1 Å². The third-order valence-corrected chi connectivity index (χ3v) is 4.22. The van der Waals surface area contributed by atoms with Gasteiger partial charge in [-0.1, -0.05) is 12.1 Å². The van der Waals surface area contributed by atoms with Gasteiger partial charge in [0.05, 0.1) is 19.3 Å². The van der Waals surface area contributed by atoms with E-state index in [1.807, 2.05) is 0 Å². The molecule has 1 saturated heterocycles. The number of hydrogen-bond donors (Lipinski definition) is 3. The Morgan fingerprint density at radius 1 is 1.35 bits per heavy atom. The molecule has 26 heavy (non-hydrogen) atoms. The average Bonchev–Trinajstić information content (AvgIpc) is 3.08. The zero-order chi connectivity index (χ0) is 18.4. The summed E-state index contributed by atoms with van der Waals surface area (Å²) < 4.78 is 16.4. The zero-order valence-corrected chi connectivity index (χ0v) is 14.3. The summed E-state index contributed by atoms with van der Waals surface area (Å²) in [4.78, 5) is 23.2. The minimum absolute atomic E-state index is 0.0211. The first-order valence-electron chi connectivity index (χ1n) is 8.55. The summed E-state index contributed by atoms with van der Waals surface area (Å²) in [5, 5.41) is 14.3. The fourth-order valence-electron chi connectivity index (χ4n) is 2.80. The lowest BCUT2D eigenvalue weighted by atomic mass is 10.1. The maximum absolute atomic E-state index is 12.2. The Morgan fingerprint density at radius 2 is 2.15 bits per heavy atom. The van der Waals surface area contributed by atoms with Gasteiger partial charge in [0.2, 0.25) is 5.91 Å². The molecule has 0 aliphatic carbocycles. The smallest absolute Gasteiger partial charge is 0.280 e. The second-order valence-corrected chi connectivity index (χ2v) is 6.17. The normalized spacial score (nSPS) is 19.9. The number of ether oxygens (including phenoxy) is 2. The molecule has 3 rings (SSSR count). The number of aromatic amines is 1. The largest absolute Gasteiger partial charge is 0.486 e. The molecule has 2 atom stereocenters. The Labute approximate surface area is 150 Å². The van der Waals surface area contributed by atoms with E-state index in [2.05, 4.69) is 10.5 Å². The Hall–Kier alpha value is -2.58. The fraction of sp³-hybridized carbons (Fsp3) is 0.444. The van der Waals surface area contributed by atoms with Crippen LogP contribution in [-0.4, -0.2) is 41.5 Å². The molecule has 0 unspecified atom stereocenters. The molecule has 1 aromatic heterocycles. The van der Waals surface area contributed by atoms with E-state index in [1.54, 1.807) is 24.3 Å². The Bertz CT molecular complexity index is 766. The SMILES string of the molecule is O=C(CCc1cc(=O)[nH]o1)N[C@@H]1CCOC[C@H]1Oc1ccc(CO)cc1. The molecule has 0 spiro atoms.